The fraction of sp³-hybridized carbons (Fsp3) is 0.308. The molecule has 0 atom stereocenters. The molecule has 7 heteroatoms. The van der Waals surface area contributed by atoms with Gasteiger partial charge in [-0.3, -0.25) is 4.98 Å². The summed E-state index contributed by atoms with van der Waals surface area (Å²) in [6, 6.07) is 6.84. The summed E-state index contributed by atoms with van der Waals surface area (Å²) in [5.74, 6) is 0. The van der Waals surface area contributed by atoms with Gasteiger partial charge in [-0.2, -0.15) is 0 Å². The molecule has 5 nitrogen and oxygen atoms in total. The van der Waals surface area contributed by atoms with Crippen LogP contribution >= 0.6 is 0 Å². The van der Waals surface area contributed by atoms with Crippen molar-refractivity contribution < 1.29 is 30.0 Å². The summed E-state index contributed by atoms with van der Waals surface area (Å²) in [4.78, 5) is 3.25. The zero-order valence-corrected chi connectivity index (χ0v) is 13.6. The van der Waals surface area contributed by atoms with Crippen molar-refractivity contribution in [2.75, 3.05) is 6.54 Å². The van der Waals surface area contributed by atoms with Gasteiger partial charge in [-0.25, -0.2) is 17.7 Å². The molecular weight excluding hydrogens is 342 g/mol. The van der Waals surface area contributed by atoms with E-state index < -0.39 is 10.0 Å². The Morgan fingerprint density at radius 3 is 2.55 bits per heavy atom. The van der Waals surface area contributed by atoms with Gasteiger partial charge in [0.1, 0.15) is 12.4 Å². The minimum atomic E-state index is -3.39. The van der Waals surface area contributed by atoms with Crippen LogP contribution in [0.5, 0.6) is 0 Å². The monoisotopic (exact) mass is 359 g/mol. The molecular formula is C13H18BrN3O2S. The average molecular weight is 360 g/mol. The van der Waals surface area contributed by atoms with Gasteiger partial charge in [0, 0.05) is 6.54 Å². The third-order valence-electron chi connectivity index (χ3n) is 2.82. The number of benzene rings is 1. The first-order chi connectivity index (χ1) is 9.08. The number of aryl methyl sites for hydroxylation is 2. The van der Waals surface area contributed by atoms with Crippen molar-refractivity contribution >= 4 is 10.0 Å². The van der Waals surface area contributed by atoms with E-state index >= 15 is 0 Å². The van der Waals surface area contributed by atoms with E-state index in [1.54, 1.807) is 24.3 Å². The average Bonchev–Trinajstić information content (AvgIpc) is 2.88. The van der Waals surface area contributed by atoms with E-state index in [4.69, 9.17) is 0 Å². The van der Waals surface area contributed by atoms with E-state index in [1.165, 1.54) is 0 Å². The van der Waals surface area contributed by atoms with Crippen molar-refractivity contribution in [3.05, 3.63) is 48.5 Å². The summed E-state index contributed by atoms with van der Waals surface area (Å²) >= 11 is 0. The first-order valence-electron chi connectivity index (χ1n) is 6.16. The lowest BCUT2D eigenvalue weighted by atomic mass is 10.2. The van der Waals surface area contributed by atoms with Gasteiger partial charge in [-0.1, -0.05) is 17.7 Å². The number of nitrogens with zero attached hydrogens (tertiary/aromatic N) is 1. The van der Waals surface area contributed by atoms with Gasteiger partial charge >= 0.3 is 0 Å². The third-order valence-corrected chi connectivity index (χ3v) is 4.30. The lowest BCUT2D eigenvalue weighted by molar-refractivity contribution is -0.695. The maximum absolute atomic E-state index is 12.0. The Morgan fingerprint density at radius 2 is 1.95 bits per heavy atom. The number of halogens is 1. The molecule has 0 aliphatic carbocycles. The molecule has 0 saturated carbocycles. The van der Waals surface area contributed by atoms with Gasteiger partial charge in [0.15, 0.2) is 0 Å². The highest BCUT2D eigenvalue weighted by atomic mass is 79.9. The van der Waals surface area contributed by atoms with E-state index in [0.717, 1.165) is 18.5 Å². The molecule has 0 fully saturated rings. The number of aromatic amines is 1. The minimum absolute atomic E-state index is 0. The standard InChI is InChI=1S/C13H17N3O2S.BrH/c1-12-3-5-13(6-4-12)19(17,18)15-7-2-9-16-10-8-14-11-16;/h3-6,8,10-11,15H,2,7,9H2,1H3;1H. The Kier molecular flexibility index (Phi) is 6.38. The number of hydrogen-bond acceptors (Lipinski definition) is 2. The summed E-state index contributed by atoms with van der Waals surface area (Å²) < 4.78 is 28.5. The first-order valence-corrected chi connectivity index (χ1v) is 7.64. The van der Waals surface area contributed by atoms with Crippen molar-refractivity contribution in [3.8, 4) is 0 Å². The number of sulfonamides is 1. The Labute approximate surface area is 129 Å². The second-order valence-corrected chi connectivity index (χ2v) is 6.18. The molecule has 2 N–H and O–H groups in total. The number of nitrogens with one attached hydrogen (secondary N) is 2. The summed E-state index contributed by atoms with van der Waals surface area (Å²) in [6.45, 7) is 3.13. The highest BCUT2D eigenvalue weighted by molar-refractivity contribution is 7.89. The molecule has 1 aromatic carbocycles. The largest absolute Gasteiger partial charge is 1.00 e. The zero-order chi connectivity index (χ0) is 13.7. The van der Waals surface area contributed by atoms with Gasteiger partial charge < -0.3 is 17.0 Å². The normalized spacial score (nSPS) is 11.1. The first kappa shape index (κ1) is 16.9. The number of aromatic nitrogens is 2. The Balaban J connectivity index is 0.00000200. The van der Waals surface area contributed by atoms with Crippen LogP contribution in [0.2, 0.25) is 0 Å². The van der Waals surface area contributed by atoms with Crippen LogP contribution < -0.4 is 26.3 Å². The van der Waals surface area contributed by atoms with Crippen LogP contribution in [0.25, 0.3) is 0 Å². The lowest BCUT2D eigenvalue weighted by Crippen LogP contribution is -3.00. The topological polar surface area (TPSA) is 65.8 Å². The molecule has 110 valence electrons. The molecule has 0 aliphatic rings. The Hall–Kier alpha value is -1.18. The molecule has 1 aromatic heterocycles. The van der Waals surface area contributed by atoms with Crippen LogP contribution in [0, 0.1) is 6.92 Å². The van der Waals surface area contributed by atoms with Crippen molar-refractivity contribution in [1.29, 1.82) is 0 Å². The second kappa shape index (κ2) is 7.56. The number of H-pyrrole nitrogens is 1. The zero-order valence-electron chi connectivity index (χ0n) is 11.2. The van der Waals surface area contributed by atoms with Crippen LogP contribution in [0.4, 0.5) is 0 Å². The van der Waals surface area contributed by atoms with E-state index in [2.05, 4.69) is 9.71 Å². The van der Waals surface area contributed by atoms with E-state index in [9.17, 15) is 8.42 Å². The lowest BCUT2D eigenvalue weighted by Gasteiger charge is -2.06. The molecule has 0 unspecified atom stereocenters. The molecule has 1 heterocycles. The number of hydrogen-bond donors (Lipinski definition) is 2. The number of imidazole rings is 1. The predicted molar refractivity (Wildman–Crippen MR) is 72.0 cm³/mol. The maximum atomic E-state index is 12.0. The van der Waals surface area contributed by atoms with Crippen LogP contribution in [-0.4, -0.2) is 19.9 Å². The summed E-state index contributed by atoms with van der Waals surface area (Å²) in [7, 11) is -3.39. The highest BCUT2D eigenvalue weighted by Gasteiger charge is 2.12. The van der Waals surface area contributed by atoms with E-state index in [-0.39, 0.29) is 17.0 Å². The summed E-state index contributed by atoms with van der Waals surface area (Å²) in [6.07, 6.45) is 6.33. The predicted octanol–water partition coefficient (Wildman–Crippen LogP) is -2.02. The van der Waals surface area contributed by atoms with Crippen LogP contribution in [0.15, 0.2) is 47.9 Å². The second-order valence-electron chi connectivity index (χ2n) is 4.41. The molecule has 0 spiro atoms. The van der Waals surface area contributed by atoms with Crippen LogP contribution in [0.1, 0.15) is 12.0 Å². The van der Waals surface area contributed by atoms with Gasteiger partial charge in [-0.05, 0) is 25.5 Å². The Bertz CT molecular complexity index is 610. The molecule has 2 rings (SSSR count). The molecule has 20 heavy (non-hydrogen) atoms. The minimum Gasteiger partial charge on any atom is -1.00 e. The van der Waals surface area contributed by atoms with Crippen molar-refractivity contribution in [1.82, 2.24) is 9.71 Å². The van der Waals surface area contributed by atoms with Crippen LogP contribution in [-0.2, 0) is 16.6 Å². The SMILES string of the molecule is Cc1ccc(S(=O)(=O)NCCC[n+]2cc[nH]c2)cc1.[Br-]. The number of rotatable bonds is 6. The van der Waals surface area contributed by atoms with Crippen molar-refractivity contribution in [3.63, 3.8) is 0 Å². The van der Waals surface area contributed by atoms with Gasteiger partial charge in [0.05, 0.1) is 11.4 Å². The maximum Gasteiger partial charge on any atom is 0.241 e. The van der Waals surface area contributed by atoms with Crippen molar-refractivity contribution in [2.24, 2.45) is 0 Å². The molecule has 0 saturated heterocycles. The Morgan fingerprint density at radius 1 is 1.25 bits per heavy atom. The van der Waals surface area contributed by atoms with E-state index in [1.807, 2.05) is 30.2 Å². The van der Waals surface area contributed by atoms with Gasteiger partial charge in [-0.15, -0.1) is 0 Å². The fourth-order valence-corrected chi connectivity index (χ4v) is 2.80. The van der Waals surface area contributed by atoms with Crippen LogP contribution in [0.3, 0.4) is 0 Å². The molecule has 0 bridgehead atoms. The van der Waals surface area contributed by atoms with E-state index in [0.29, 0.717) is 11.4 Å². The molecule has 0 radical (unpaired) electrons. The van der Waals surface area contributed by atoms with Crippen molar-refractivity contribution in [2.45, 2.75) is 24.8 Å². The highest BCUT2D eigenvalue weighted by Crippen LogP contribution is 2.09. The third kappa shape index (κ3) is 4.73. The van der Waals surface area contributed by atoms with Gasteiger partial charge in [0.25, 0.3) is 0 Å². The smallest absolute Gasteiger partial charge is 0.241 e. The van der Waals surface area contributed by atoms with Gasteiger partial charge in [0.2, 0.25) is 16.4 Å². The molecule has 0 amide bonds. The quantitative estimate of drug-likeness (QED) is 0.462. The molecule has 0 aliphatic heterocycles. The molecule has 2 aromatic rings. The fourth-order valence-electron chi connectivity index (χ4n) is 1.73. The summed E-state index contributed by atoms with van der Waals surface area (Å²) in [5.41, 5.74) is 1.04. The summed E-state index contributed by atoms with van der Waals surface area (Å²) in [5, 5.41) is 0.